The summed E-state index contributed by atoms with van der Waals surface area (Å²) in [5, 5.41) is 2.72. The van der Waals surface area contributed by atoms with Gasteiger partial charge in [-0.05, 0) is 79.1 Å². The molecule has 1 saturated heterocycles. The highest BCUT2D eigenvalue weighted by Crippen LogP contribution is 2.22. The van der Waals surface area contributed by atoms with Crippen molar-refractivity contribution in [3.8, 4) is 11.5 Å². The van der Waals surface area contributed by atoms with Crippen LogP contribution in [0.1, 0.15) is 24.8 Å². The van der Waals surface area contributed by atoms with E-state index in [0.29, 0.717) is 30.3 Å². The van der Waals surface area contributed by atoms with E-state index in [9.17, 15) is 21.6 Å². The van der Waals surface area contributed by atoms with Gasteiger partial charge in [0.25, 0.3) is 15.9 Å². The molecule has 0 unspecified atom stereocenters. The highest BCUT2D eigenvalue weighted by atomic mass is 32.2. The minimum absolute atomic E-state index is 0.0425. The van der Waals surface area contributed by atoms with Crippen molar-refractivity contribution >= 4 is 31.6 Å². The molecule has 3 aromatic carbocycles. The first-order valence-corrected chi connectivity index (χ1v) is 15.4. The Bertz CT molecular complexity index is 1470. The summed E-state index contributed by atoms with van der Waals surface area (Å²) in [7, 11) is -5.78. The Hall–Kier alpha value is -3.61. The normalized spacial score (nSPS) is 14.4. The van der Waals surface area contributed by atoms with Gasteiger partial charge in [-0.3, -0.25) is 9.52 Å². The minimum atomic E-state index is -3.81. The van der Waals surface area contributed by atoms with Crippen LogP contribution in [0.4, 0.5) is 5.69 Å². The smallest absolute Gasteiger partial charge is 0.261 e. The highest BCUT2D eigenvalue weighted by Gasteiger charge is 2.25. The summed E-state index contributed by atoms with van der Waals surface area (Å²) < 4.78 is 65.3. The molecule has 1 aliphatic rings. The van der Waals surface area contributed by atoms with Crippen LogP contribution in [0.2, 0.25) is 0 Å². The summed E-state index contributed by atoms with van der Waals surface area (Å²) in [6.45, 7) is 1.02. The van der Waals surface area contributed by atoms with Gasteiger partial charge in [-0.25, -0.2) is 16.8 Å². The summed E-state index contributed by atoms with van der Waals surface area (Å²) in [5.41, 5.74) is 1.14. The lowest BCUT2D eigenvalue weighted by molar-refractivity contribution is -0.123. The van der Waals surface area contributed by atoms with Gasteiger partial charge in [0, 0.05) is 25.3 Å². The lowest BCUT2D eigenvalue weighted by atomic mass is 10.2. The number of benzene rings is 3. The summed E-state index contributed by atoms with van der Waals surface area (Å²) in [4.78, 5) is 12.5. The quantitative estimate of drug-likeness (QED) is 0.360. The maximum absolute atomic E-state index is 12.8. The van der Waals surface area contributed by atoms with Crippen LogP contribution in [0, 0.1) is 0 Å². The second kappa shape index (κ2) is 12.5. The topological polar surface area (TPSA) is 131 Å². The molecule has 208 valence electrons. The molecule has 3 aromatic rings. The molecule has 0 spiro atoms. The average Bonchev–Trinajstić information content (AvgIpc) is 2.96. The van der Waals surface area contributed by atoms with Gasteiger partial charge in [-0.15, -0.1) is 0 Å². The van der Waals surface area contributed by atoms with Gasteiger partial charge in [0.1, 0.15) is 11.5 Å². The van der Waals surface area contributed by atoms with Crippen LogP contribution in [0.15, 0.2) is 82.6 Å². The van der Waals surface area contributed by atoms with Gasteiger partial charge in [-0.2, -0.15) is 4.31 Å². The van der Waals surface area contributed by atoms with Crippen molar-refractivity contribution < 1.29 is 31.1 Å². The van der Waals surface area contributed by atoms with E-state index in [0.717, 1.165) is 24.8 Å². The zero-order valence-corrected chi connectivity index (χ0v) is 23.1. The molecule has 10 nitrogen and oxygen atoms in total. The zero-order valence-electron chi connectivity index (χ0n) is 21.5. The van der Waals surface area contributed by atoms with Gasteiger partial charge >= 0.3 is 0 Å². The van der Waals surface area contributed by atoms with Crippen LogP contribution in [0.3, 0.4) is 0 Å². The first-order chi connectivity index (χ1) is 18.7. The number of ether oxygens (including phenoxy) is 2. The van der Waals surface area contributed by atoms with Crippen molar-refractivity contribution in [3.05, 3.63) is 78.4 Å². The Morgan fingerprint density at radius 2 is 1.38 bits per heavy atom. The summed E-state index contributed by atoms with van der Waals surface area (Å²) in [5.74, 6) is 0.568. The lowest BCUT2D eigenvalue weighted by Crippen LogP contribution is -2.35. The van der Waals surface area contributed by atoms with E-state index >= 15 is 0 Å². The number of hydrogen-bond acceptors (Lipinski definition) is 7. The maximum Gasteiger partial charge on any atom is 0.261 e. The second-order valence-corrected chi connectivity index (χ2v) is 12.6. The maximum atomic E-state index is 12.8. The molecule has 12 heteroatoms. The largest absolute Gasteiger partial charge is 0.497 e. The van der Waals surface area contributed by atoms with Crippen molar-refractivity contribution in [3.63, 3.8) is 0 Å². The Morgan fingerprint density at radius 1 is 0.795 bits per heavy atom. The highest BCUT2D eigenvalue weighted by molar-refractivity contribution is 7.92. The van der Waals surface area contributed by atoms with Crippen LogP contribution in [0.5, 0.6) is 11.5 Å². The molecule has 0 aliphatic carbocycles. The van der Waals surface area contributed by atoms with Crippen molar-refractivity contribution in [1.82, 2.24) is 9.62 Å². The van der Waals surface area contributed by atoms with E-state index in [1.165, 1.54) is 35.7 Å². The van der Waals surface area contributed by atoms with E-state index in [2.05, 4.69) is 10.0 Å². The Labute approximate surface area is 229 Å². The number of carbonyl (C=O) groups is 1. The van der Waals surface area contributed by atoms with Crippen molar-refractivity contribution in [2.24, 2.45) is 0 Å². The Balaban J connectivity index is 1.25. The molecular formula is C27H31N3O7S2. The number of piperidine rings is 1. The monoisotopic (exact) mass is 573 g/mol. The van der Waals surface area contributed by atoms with Crippen LogP contribution in [-0.4, -0.2) is 53.9 Å². The van der Waals surface area contributed by atoms with Crippen LogP contribution < -0.4 is 19.5 Å². The predicted molar refractivity (Wildman–Crippen MR) is 147 cm³/mol. The summed E-state index contributed by atoms with van der Waals surface area (Å²) in [6, 6.07) is 18.7. The van der Waals surface area contributed by atoms with Crippen molar-refractivity contribution in [1.29, 1.82) is 0 Å². The van der Waals surface area contributed by atoms with Crippen molar-refractivity contribution in [2.75, 3.05) is 31.5 Å². The van der Waals surface area contributed by atoms with Gasteiger partial charge in [0.15, 0.2) is 6.61 Å². The number of nitrogens with zero attached hydrogens (tertiary/aromatic N) is 1. The molecule has 1 amide bonds. The van der Waals surface area contributed by atoms with Gasteiger partial charge in [-0.1, -0.05) is 18.6 Å². The fourth-order valence-corrected chi connectivity index (χ4v) is 6.60. The molecule has 0 aromatic heterocycles. The molecule has 2 N–H and O–H groups in total. The third-order valence-corrected chi connectivity index (χ3v) is 9.52. The Kier molecular flexibility index (Phi) is 9.10. The molecule has 0 radical (unpaired) electrons. The number of nitrogens with one attached hydrogen (secondary N) is 2. The SMILES string of the molecule is COc1ccc(NS(=O)(=O)c2ccc(OCC(=O)NCc3ccc(S(=O)(=O)N4CCCCC4)cc3)cc2)cc1. The first kappa shape index (κ1) is 28.4. The van der Waals surface area contributed by atoms with Crippen molar-refractivity contribution in [2.45, 2.75) is 35.6 Å². The lowest BCUT2D eigenvalue weighted by Gasteiger charge is -2.25. The number of rotatable bonds is 11. The number of carbonyl (C=O) groups excluding carboxylic acids is 1. The molecule has 1 fully saturated rings. The van der Waals surface area contributed by atoms with Crippen LogP contribution in [-0.2, 0) is 31.4 Å². The van der Waals surface area contributed by atoms with E-state index in [1.54, 1.807) is 48.5 Å². The number of methoxy groups -OCH3 is 1. The third kappa shape index (κ3) is 7.49. The zero-order chi connectivity index (χ0) is 27.9. The fraction of sp³-hybridized carbons (Fsp3) is 0.296. The minimum Gasteiger partial charge on any atom is -0.497 e. The van der Waals surface area contributed by atoms with Gasteiger partial charge in [0.2, 0.25) is 10.0 Å². The molecule has 4 rings (SSSR count). The average molecular weight is 574 g/mol. The first-order valence-electron chi connectivity index (χ1n) is 12.4. The summed E-state index contributed by atoms with van der Waals surface area (Å²) >= 11 is 0. The number of amides is 1. The fourth-order valence-electron chi connectivity index (χ4n) is 4.02. The van der Waals surface area contributed by atoms with E-state index in [1.807, 2.05) is 0 Å². The second-order valence-electron chi connectivity index (χ2n) is 8.98. The summed E-state index contributed by atoms with van der Waals surface area (Å²) in [6.07, 6.45) is 2.79. The van der Waals surface area contributed by atoms with Crippen LogP contribution >= 0.6 is 0 Å². The predicted octanol–water partition coefficient (Wildman–Crippen LogP) is 3.37. The van der Waals surface area contributed by atoms with Gasteiger partial charge < -0.3 is 14.8 Å². The molecular weight excluding hydrogens is 542 g/mol. The van der Waals surface area contributed by atoms with E-state index in [-0.39, 0.29) is 28.8 Å². The van der Waals surface area contributed by atoms with Crippen LogP contribution in [0.25, 0.3) is 0 Å². The third-order valence-electron chi connectivity index (χ3n) is 6.21. The van der Waals surface area contributed by atoms with E-state index in [4.69, 9.17) is 9.47 Å². The number of hydrogen-bond donors (Lipinski definition) is 2. The van der Waals surface area contributed by atoms with E-state index < -0.39 is 20.0 Å². The number of sulfonamides is 2. The standard InChI is InChI=1S/C27H31N3O7S2/c1-36-23-9-7-22(8-10-23)29-38(32,33)25-15-11-24(12-16-25)37-20-27(31)28-19-21-5-13-26(14-6-21)39(34,35)30-17-3-2-4-18-30/h5-16,29H,2-4,17-20H2,1H3,(H,28,31). The number of anilines is 1. The molecule has 39 heavy (non-hydrogen) atoms. The molecule has 1 aliphatic heterocycles. The molecule has 0 atom stereocenters. The van der Waals surface area contributed by atoms with Gasteiger partial charge in [0.05, 0.1) is 16.9 Å². The Morgan fingerprint density at radius 3 is 2.00 bits per heavy atom. The molecule has 0 bridgehead atoms. The molecule has 0 saturated carbocycles. The molecule has 1 heterocycles.